The van der Waals surface area contributed by atoms with Crippen LogP contribution in [0.15, 0.2) is 89.9 Å². The van der Waals surface area contributed by atoms with Crippen LogP contribution in [0.3, 0.4) is 0 Å². The predicted octanol–water partition coefficient (Wildman–Crippen LogP) is 6.02. The number of para-hydroxylation sites is 1. The first kappa shape index (κ1) is 22.4. The summed E-state index contributed by atoms with van der Waals surface area (Å²) in [5.74, 6) is 0.930. The summed E-state index contributed by atoms with van der Waals surface area (Å²) in [6, 6.07) is 29.9. The molecule has 2 aromatic heterocycles. The number of aliphatic imine (C=N–C) groups is 1. The minimum atomic E-state index is -0.859. The van der Waals surface area contributed by atoms with Gasteiger partial charge in [0.25, 0.3) is 0 Å². The zero-order valence-corrected chi connectivity index (χ0v) is 22.8. The van der Waals surface area contributed by atoms with Crippen molar-refractivity contribution < 1.29 is 0 Å². The summed E-state index contributed by atoms with van der Waals surface area (Å²) in [6.45, 7) is 6.58. The molecule has 0 radical (unpaired) electrons. The Hall–Kier alpha value is -3.02. The molecule has 0 aliphatic carbocycles. The second-order valence-electron chi connectivity index (χ2n) is 8.68. The van der Waals surface area contributed by atoms with Gasteiger partial charge in [-0.2, -0.15) is 5.10 Å². The van der Waals surface area contributed by atoms with Crippen molar-refractivity contribution in [3.63, 3.8) is 0 Å². The van der Waals surface area contributed by atoms with E-state index in [0.717, 1.165) is 17.2 Å². The van der Waals surface area contributed by atoms with E-state index in [-0.39, 0.29) is 0 Å². The number of fused-ring (bicyclic) bond motifs is 2. The monoisotopic (exact) mass is 586 g/mol. The zero-order valence-electron chi connectivity index (χ0n) is 19.8. The van der Waals surface area contributed by atoms with E-state index in [1.807, 2.05) is 22.9 Å². The molecule has 6 rings (SSSR count). The molecule has 172 valence electrons. The number of benzene rings is 3. The molecule has 0 amide bonds. The van der Waals surface area contributed by atoms with Crippen LogP contribution < -0.4 is 15.9 Å². The fraction of sp³-hybridized carbons (Fsp3) is 0.103. The van der Waals surface area contributed by atoms with Gasteiger partial charge in [-0.15, -0.1) is 0 Å². The maximum atomic E-state index is 5.10. The Labute approximate surface area is 220 Å². The fourth-order valence-corrected chi connectivity index (χ4v) is 8.14. The molecule has 0 fully saturated rings. The Morgan fingerprint density at radius 1 is 0.714 bits per heavy atom. The number of halogens is 1. The van der Waals surface area contributed by atoms with Crippen molar-refractivity contribution in [2.45, 2.75) is 20.8 Å². The quantitative estimate of drug-likeness (QED) is 0.185. The zero-order chi connectivity index (χ0) is 24.1. The van der Waals surface area contributed by atoms with Gasteiger partial charge in [0.2, 0.25) is 0 Å². The lowest BCUT2D eigenvalue weighted by Crippen LogP contribution is -2.24. The summed E-state index contributed by atoms with van der Waals surface area (Å²) in [5.41, 5.74) is 6.93. The highest BCUT2D eigenvalue weighted by molar-refractivity contribution is 14.1. The molecule has 35 heavy (non-hydrogen) atoms. The molecule has 0 spiro atoms. The van der Waals surface area contributed by atoms with Gasteiger partial charge in [-0.1, -0.05) is 48.5 Å². The Morgan fingerprint density at radius 2 is 1.37 bits per heavy atom. The third kappa shape index (κ3) is 3.69. The third-order valence-corrected chi connectivity index (χ3v) is 10.0. The predicted molar refractivity (Wildman–Crippen MR) is 156 cm³/mol. The van der Waals surface area contributed by atoms with Gasteiger partial charge in [0.05, 0.1) is 16.7 Å². The third-order valence-electron chi connectivity index (χ3n) is 6.53. The van der Waals surface area contributed by atoms with Gasteiger partial charge < -0.3 is 4.57 Å². The largest absolute Gasteiger partial charge is 0.317 e. The molecule has 1 unspecified atom stereocenters. The van der Waals surface area contributed by atoms with Gasteiger partial charge in [0, 0.05) is 37.7 Å². The summed E-state index contributed by atoms with van der Waals surface area (Å²) < 4.78 is 5.62. The van der Waals surface area contributed by atoms with Crippen molar-refractivity contribution in [2.75, 3.05) is 0 Å². The molecule has 0 saturated heterocycles. The first-order valence-corrected chi connectivity index (χ1v) is 14.0. The molecule has 4 nitrogen and oxygen atoms in total. The molecule has 0 bridgehead atoms. The van der Waals surface area contributed by atoms with E-state index in [2.05, 4.69) is 121 Å². The van der Waals surface area contributed by atoms with Crippen LogP contribution in [0.2, 0.25) is 0 Å². The first-order chi connectivity index (χ1) is 17.0. The molecule has 5 aromatic rings. The molecule has 1 aliphatic rings. The summed E-state index contributed by atoms with van der Waals surface area (Å²) in [6.07, 6.45) is 2.06. The molecule has 1 aliphatic heterocycles. The highest BCUT2D eigenvalue weighted by atomic mass is 127. The molecule has 1 atom stereocenters. The number of aromatic nitrogens is 3. The van der Waals surface area contributed by atoms with Crippen molar-refractivity contribution in [1.29, 1.82) is 0 Å². The van der Waals surface area contributed by atoms with E-state index < -0.39 is 7.92 Å². The van der Waals surface area contributed by atoms with E-state index in [0.29, 0.717) is 0 Å². The van der Waals surface area contributed by atoms with Gasteiger partial charge in [-0.05, 0) is 93.0 Å². The standard InChI is InChI=1S/C29H24IN4P/c1-19-27-29(34(32-19)24-10-6-4-7-11-24)31-18-26-20(2)33(23-16-14-22(30)15-17-23)21(3)28(26)35(27)25-12-8-5-9-13-25/h4-18H,1-3H3. The van der Waals surface area contributed by atoms with E-state index in [1.54, 1.807) is 0 Å². The van der Waals surface area contributed by atoms with Crippen molar-refractivity contribution in [3.05, 3.63) is 111 Å². The summed E-state index contributed by atoms with van der Waals surface area (Å²) in [5, 5.41) is 8.90. The molecule has 3 aromatic carbocycles. The fourth-order valence-electron chi connectivity index (χ4n) is 4.96. The molecular formula is C29H24IN4P. The maximum absolute atomic E-state index is 5.10. The normalized spacial score (nSPS) is 14.5. The highest BCUT2D eigenvalue weighted by Crippen LogP contribution is 2.43. The first-order valence-electron chi connectivity index (χ1n) is 11.6. The smallest absolute Gasteiger partial charge is 0.164 e. The van der Waals surface area contributed by atoms with Crippen LogP contribution in [-0.2, 0) is 0 Å². The molecule has 6 heteroatoms. The summed E-state index contributed by atoms with van der Waals surface area (Å²) >= 11 is 2.36. The highest BCUT2D eigenvalue weighted by Gasteiger charge is 2.34. The molecule has 0 N–H and O–H groups in total. The van der Waals surface area contributed by atoms with E-state index in [1.165, 1.54) is 42.1 Å². The molecule has 0 saturated carbocycles. The van der Waals surface area contributed by atoms with Gasteiger partial charge in [-0.25, -0.2) is 9.67 Å². The minimum Gasteiger partial charge on any atom is -0.317 e. The van der Waals surface area contributed by atoms with Crippen LogP contribution >= 0.6 is 30.5 Å². The second kappa shape index (κ2) is 8.89. The average Bonchev–Trinajstić information content (AvgIpc) is 3.24. The average molecular weight is 586 g/mol. The second-order valence-corrected chi connectivity index (χ2v) is 12.0. The minimum absolute atomic E-state index is 0.859. The lowest BCUT2D eigenvalue weighted by Gasteiger charge is -2.19. The topological polar surface area (TPSA) is 35.1 Å². The molecular weight excluding hydrogens is 562 g/mol. The maximum Gasteiger partial charge on any atom is 0.164 e. The Balaban J connectivity index is 1.65. The van der Waals surface area contributed by atoms with Crippen molar-refractivity contribution in [1.82, 2.24) is 14.3 Å². The van der Waals surface area contributed by atoms with Crippen LogP contribution in [0.1, 0.15) is 22.6 Å². The Bertz CT molecular complexity index is 1570. The van der Waals surface area contributed by atoms with E-state index in [9.17, 15) is 0 Å². The Morgan fingerprint density at radius 3 is 2.06 bits per heavy atom. The molecule has 3 heterocycles. The van der Waals surface area contributed by atoms with Gasteiger partial charge >= 0.3 is 0 Å². The Kier molecular flexibility index (Phi) is 5.70. The van der Waals surface area contributed by atoms with Crippen LogP contribution in [0, 0.1) is 24.3 Å². The lowest BCUT2D eigenvalue weighted by atomic mass is 10.2. The van der Waals surface area contributed by atoms with Crippen LogP contribution in [-0.4, -0.2) is 20.6 Å². The van der Waals surface area contributed by atoms with Crippen LogP contribution in [0.4, 0.5) is 5.82 Å². The van der Waals surface area contributed by atoms with Gasteiger partial charge in [0.15, 0.2) is 5.82 Å². The van der Waals surface area contributed by atoms with Crippen LogP contribution in [0.25, 0.3) is 11.4 Å². The van der Waals surface area contributed by atoms with Crippen molar-refractivity contribution in [2.24, 2.45) is 4.99 Å². The van der Waals surface area contributed by atoms with Crippen LogP contribution in [0.5, 0.6) is 0 Å². The van der Waals surface area contributed by atoms with Crippen molar-refractivity contribution >= 4 is 58.5 Å². The number of aryl methyl sites for hydroxylation is 1. The number of hydrogen-bond donors (Lipinski definition) is 0. The number of nitrogens with zero attached hydrogens (tertiary/aromatic N) is 4. The number of hydrogen-bond acceptors (Lipinski definition) is 2. The number of rotatable bonds is 3. The summed E-state index contributed by atoms with van der Waals surface area (Å²) in [7, 11) is -0.859. The SMILES string of the molecule is Cc1nn(-c2ccccc2)c2c1P(c1ccccc1)c1c(c(C)n(-c3ccc(I)cc3)c1C)C=N2. The van der Waals surface area contributed by atoms with Gasteiger partial charge in [-0.3, -0.25) is 0 Å². The van der Waals surface area contributed by atoms with E-state index >= 15 is 0 Å². The van der Waals surface area contributed by atoms with Gasteiger partial charge in [0.1, 0.15) is 0 Å². The lowest BCUT2D eigenvalue weighted by molar-refractivity contribution is 0.863. The van der Waals surface area contributed by atoms with E-state index in [4.69, 9.17) is 10.1 Å². The summed E-state index contributed by atoms with van der Waals surface area (Å²) in [4.78, 5) is 5.10. The van der Waals surface area contributed by atoms with Crippen molar-refractivity contribution in [3.8, 4) is 11.4 Å².